The van der Waals surface area contributed by atoms with Crippen LogP contribution >= 0.6 is 15.6 Å². The van der Waals surface area contributed by atoms with Gasteiger partial charge in [0.15, 0.2) is 12.6 Å². The smallest absolute Gasteiger partial charge is 0.394 e. The number of rotatable bonds is 9. The minimum atomic E-state index is -5.59. The van der Waals surface area contributed by atoms with Crippen LogP contribution in [-0.2, 0) is 32.0 Å². The van der Waals surface area contributed by atoms with Gasteiger partial charge >= 0.3 is 21.3 Å². The topological polar surface area (TPSA) is 334 Å². The van der Waals surface area contributed by atoms with Crippen LogP contribution in [0, 0.1) is 0 Å². The molecule has 4 heterocycles. The number of H-pyrrole nitrogens is 2. The first kappa shape index (κ1) is 30.1. The van der Waals surface area contributed by atoms with Crippen molar-refractivity contribution in [3.63, 3.8) is 0 Å². The van der Waals surface area contributed by atoms with Gasteiger partial charge in [0.1, 0.15) is 42.7 Å². The number of fused-ring (bicyclic) bond motifs is 1. The summed E-state index contributed by atoms with van der Waals surface area (Å²) in [6, 6.07) is 0. The Morgan fingerprint density at radius 2 is 1.67 bits per heavy atom. The summed E-state index contributed by atoms with van der Waals surface area (Å²) in [5.41, 5.74) is 4.79. The quantitative estimate of drug-likeness (QED) is 0.0938. The second kappa shape index (κ2) is 11.2. The van der Waals surface area contributed by atoms with E-state index in [0.717, 1.165) is 4.57 Å². The summed E-state index contributed by atoms with van der Waals surface area (Å²) in [5.74, 6) is -0.258. The zero-order valence-electron chi connectivity index (χ0n) is 19.4. The largest absolute Gasteiger partial charge is 0.483 e. The standard InChI is InChI=1S/C16H25N5O16P2/c17-16-19-12-6(13(28)20-16)18-3-21(12)14-10(26)8(24)5(34-14)2-33-38(29,30)37-39(31,32)36-15-11(27)9(25)7(23)4(1-22)35-15/h3-5,7-11,14-15,22-27H,1-2H2,(H5,17,19,20,28,29,30,31,32)/p+1/t4-,5-,7-,8-,9+,10-,11+,14-,15-/m1/s1. The Morgan fingerprint density at radius 3 is 2.33 bits per heavy atom. The number of phosphoric acid groups is 2. The van der Waals surface area contributed by atoms with Crippen molar-refractivity contribution >= 4 is 32.8 Å². The van der Waals surface area contributed by atoms with E-state index < -0.39 is 89.7 Å². The molecule has 4 rings (SSSR count). The lowest BCUT2D eigenvalue weighted by Crippen LogP contribution is -2.58. The lowest BCUT2D eigenvalue weighted by molar-refractivity contribution is -0.745. The van der Waals surface area contributed by atoms with Crippen LogP contribution in [-0.4, -0.2) is 118 Å². The van der Waals surface area contributed by atoms with E-state index in [1.54, 1.807) is 0 Å². The number of ether oxygens (including phenoxy) is 2. The van der Waals surface area contributed by atoms with Gasteiger partial charge in [-0.25, -0.2) is 13.7 Å². The summed E-state index contributed by atoms with van der Waals surface area (Å²) >= 11 is 0. The van der Waals surface area contributed by atoms with E-state index in [0.29, 0.717) is 0 Å². The van der Waals surface area contributed by atoms with Crippen LogP contribution in [0.2, 0.25) is 0 Å². The highest BCUT2D eigenvalue weighted by atomic mass is 31.3. The number of nitrogens with one attached hydrogen (secondary N) is 2. The molecular weight excluding hydrogens is 580 g/mol. The van der Waals surface area contributed by atoms with Gasteiger partial charge in [0.05, 0.1) is 13.2 Å². The number of hydrogen-bond acceptors (Lipinski definition) is 16. The van der Waals surface area contributed by atoms with Crippen molar-refractivity contribution in [3.05, 3.63) is 16.7 Å². The molecule has 2 aliphatic rings. The molecule has 2 unspecified atom stereocenters. The minimum absolute atomic E-state index is 0.0412. The Labute approximate surface area is 216 Å². The predicted octanol–water partition coefficient (Wildman–Crippen LogP) is -5.21. The van der Waals surface area contributed by atoms with E-state index in [1.165, 1.54) is 6.33 Å². The van der Waals surface area contributed by atoms with Crippen LogP contribution in [0.15, 0.2) is 11.1 Å². The van der Waals surface area contributed by atoms with E-state index in [2.05, 4.69) is 28.3 Å². The van der Waals surface area contributed by atoms with Crippen LogP contribution in [0.25, 0.3) is 11.2 Å². The highest BCUT2D eigenvalue weighted by Gasteiger charge is 2.50. The van der Waals surface area contributed by atoms with Crippen LogP contribution in [0.1, 0.15) is 6.23 Å². The normalized spacial score (nSPS) is 36.6. The maximum atomic E-state index is 12.3. The van der Waals surface area contributed by atoms with Crippen LogP contribution in [0.3, 0.4) is 0 Å². The zero-order chi connectivity index (χ0) is 28.9. The number of nitrogens with zero attached hydrogens (tertiary/aromatic N) is 2. The molecule has 12 N–H and O–H groups in total. The van der Waals surface area contributed by atoms with Crippen molar-refractivity contribution in [2.45, 2.75) is 55.2 Å². The number of imidazole rings is 1. The summed E-state index contributed by atoms with van der Waals surface area (Å²) < 4.78 is 49.2. The molecule has 2 saturated heterocycles. The maximum Gasteiger partial charge on any atom is 0.483 e. The van der Waals surface area contributed by atoms with Gasteiger partial charge in [-0.2, -0.15) is 4.31 Å². The number of anilines is 1. The second-order valence-electron chi connectivity index (χ2n) is 8.49. The molecule has 2 fully saturated rings. The summed E-state index contributed by atoms with van der Waals surface area (Å²) in [7, 11) is -11.1. The highest BCUT2D eigenvalue weighted by Crippen LogP contribution is 2.61. The molecule has 0 amide bonds. The summed E-state index contributed by atoms with van der Waals surface area (Å²) in [6.07, 6.45) is -14.8. The molecule has 0 bridgehead atoms. The first-order valence-corrected chi connectivity index (χ1v) is 13.9. The molecule has 21 nitrogen and oxygen atoms in total. The number of phosphoric ester groups is 2. The first-order valence-electron chi connectivity index (χ1n) is 10.9. The molecule has 2 aromatic heterocycles. The van der Waals surface area contributed by atoms with Crippen molar-refractivity contribution in [2.24, 2.45) is 0 Å². The number of aliphatic hydroxyl groups excluding tert-OH is 6. The number of aliphatic hydroxyl groups is 6. The number of hydrogen-bond donors (Lipinski definition) is 11. The van der Waals surface area contributed by atoms with E-state index >= 15 is 0 Å². The van der Waals surface area contributed by atoms with Gasteiger partial charge in [-0.3, -0.25) is 23.8 Å². The first-order chi connectivity index (χ1) is 18.1. The lowest BCUT2D eigenvalue weighted by atomic mass is 10.00. The zero-order valence-corrected chi connectivity index (χ0v) is 21.2. The summed E-state index contributed by atoms with van der Waals surface area (Å²) in [6.45, 7) is -1.88. The molecule has 2 aliphatic heterocycles. The molecule has 0 radical (unpaired) electrons. The third kappa shape index (κ3) is 6.22. The van der Waals surface area contributed by atoms with E-state index in [1.807, 2.05) is 0 Å². The highest BCUT2D eigenvalue weighted by molar-refractivity contribution is 7.61. The molecule has 0 aliphatic carbocycles. The third-order valence-corrected chi connectivity index (χ3v) is 8.42. The van der Waals surface area contributed by atoms with Crippen LogP contribution in [0.5, 0.6) is 0 Å². The average Bonchev–Trinajstić information content (AvgIpc) is 3.38. The van der Waals surface area contributed by atoms with Crippen LogP contribution in [0.4, 0.5) is 5.95 Å². The number of nitrogens with two attached hydrogens (primary N) is 1. The molecule has 11 atom stereocenters. The number of aromatic amines is 2. The molecule has 0 spiro atoms. The van der Waals surface area contributed by atoms with Gasteiger partial charge in [0, 0.05) is 0 Å². The van der Waals surface area contributed by atoms with E-state index in [4.69, 9.17) is 20.3 Å². The van der Waals surface area contributed by atoms with Crippen molar-refractivity contribution in [2.75, 3.05) is 18.9 Å². The predicted molar refractivity (Wildman–Crippen MR) is 119 cm³/mol. The molecular formula is C16H26N5O16P2+. The average molecular weight is 606 g/mol. The third-order valence-electron chi connectivity index (χ3n) is 5.82. The summed E-state index contributed by atoms with van der Waals surface area (Å²) in [5, 5.41) is 59.3. The van der Waals surface area contributed by atoms with Crippen LogP contribution < -0.4 is 15.9 Å². The molecule has 0 saturated carbocycles. The SMILES string of the molecule is Nc1nc2c([nH]c[n+]2[C@@H]2O[C@H](COP(=O)(O)OP(=O)(O)O[C@H]3O[C@H](CO)[C@@H](O)[C@H](O)[C@@H]3O)[C@@H](O)[C@H]2O)c(=O)[nH]1. The fraction of sp³-hybridized carbons (Fsp3) is 0.688. The lowest BCUT2D eigenvalue weighted by Gasteiger charge is -2.39. The monoisotopic (exact) mass is 606 g/mol. The Balaban J connectivity index is 1.39. The van der Waals surface area contributed by atoms with Crippen molar-refractivity contribution in [1.82, 2.24) is 15.0 Å². The van der Waals surface area contributed by atoms with Gasteiger partial charge in [-0.15, -0.1) is 0 Å². The number of nitrogen functional groups attached to an aromatic ring is 1. The molecule has 220 valence electrons. The van der Waals surface area contributed by atoms with Gasteiger partial charge in [-0.05, 0) is 0 Å². The van der Waals surface area contributed by atoms with Crippen molar-refractivity contribution in [1.29, 1.82) is 0 Å². The van der Waals surface area contributed by atoms with E-state index in [-0.39, 0.29) is 17.1 Å². The van der Waals surface area contributed by atoms with Gasteiger partial charge in [0.25, 0.3) is 11.5 Å². The maximum absolute atomic E-state index is 12.3. The Morgan fingerprint density at radius 1 is 1.00 bits per heavy atom. The fourth-order valence-corrected chi connectivity index (χ4v) is 6.07. The second-order valence-corrected chi connectivity index (χ2v) is 11.5. The van der Waals surface area contributed by atoms with Gasteiger partial charge < -0.3 is 55.6 Å². The fourth-order valence-electron chi connectivity index (χ4n) is 3.91. The van der Waals surface area contributed by atoms with Gasteiger partial charge in [0.2, 0.25) is 11.7 Å². The molecule has 2 aromatic rings. The molecule has 0 aromatic carbocycles. The number of aromatic nitrogens is 4. The minimum Gasteiger partial charge on any atom is -0.394 e. The molecule has 23 heteroatoms. The van der Waals surface area contributed by atoms with Crippen molar-refractivity contribution in [3.8, 4) is 0 Å². The van der Waals surface area contributed by atoms with Crippen molar-refractivity contribution < 1.29 is 77.0 Å². The Kier molecular flexibility index (Phi) is 8.60. The molecule has 39 heavy (non-hydrogen) atoms. The summed E-state index contributed by atoms with van der Waals surface area (Å²) in [4.78, 5) is 40.5. The van der Waals surface area contributed by atoms with Gasteiger partial charge in [-0.1, -0.05) is 4.98 Å². The Hall–Kier alpha value is -1.91. The Bertz CT molecular complexity index is 1340. The van der Waals surface area contributed by atoms with E-state index in [9.17, 15) is 49.2 Å².